The lowest BCUT2D eigenvalue weighted by atomic mass is 9.95. The summed E-state index contributed by atoms with van der Waals surface area (Å²) in [6, 6.07) is 0. The molecule has 0 spiro atoms. The van der Waals surface area contributed by atoms with Gasteiger partial charge < -0.3 is 10.4 Å². The maximum absolute atomic E-state index is 10.2. The standard InChI is InChI=1S/C9H14N2OS2/c12-9(1-3-10-4-2-9)7-14-8-11-5-6-13-8/h5-6,10,12H,1-4,7H2. The molecule has 2 rings (SSSR count). The molecule has 5 heteroatoms. The van der Waals surface area contributed by atoms with E-state index in [1.165, 1.54) is 0 Å². The van der Waals surface area contributed by atoms with Gasteiger partial charge in [0.25, 0.3) is 0 Å². The maximum atomic E-state index is 10.2. The van der Waals surface area contributed by atoms with E-state index in [1.807, 2.05) is 5.38 Å². The molecule has 0 saturated carbocycles. The van der Waals surface area contributed by atoms with Crippen LogP contribution in [-0.4, -0.2) is 34.5 Å². The monoisotopic (exact) mass is 230 g/mol. The number of piperidine rings is 1. The summed E-state index contributed by atoms with van der Waals surface area (Å²) >= 11 is 3.30. The number of thiazole rings is 1. The molecule has 0 bridgehead atoms. The predicted octanol–water partition coefficient (Wildman–Crippen LogP) is 1.35. The van der Waals surface area contributed by atoms with Crippen LogP contribution in [0.15, 0.2) is 15.9 Å². The largest absolute Gasteiger partial charge is 0.389 e. The lowest BCUT2D eigenvalue weighted by Gasteiger charge is -2.31. The third kappa shape index (κ3) is 2.70. The molecule has 78 valence electrons. The molecule has 3 nitrogen and oxygen atoms in total. The summed E-state index contributed by atoms with van der Waals surface area (Å²) in [6.07, 6.45) is 3.51. The van der Waals surface area contributed by atoms with Crippen molar-refractivity contribution in [3.8, 4) is 0 Å². The molecule has 0 aromatic carbocycles. The van der Waals surface area contributed by atoms with Crippen LogP contribution in [0.1, 0.15) is 12.8 Å². The minimum Gasteiger partial charge on any atom is -0.389 e. The Labute approximate surface area is 91.9 Å². The van der Waals surface area contributed by atoms with E-state index in [9.17, 15) is 5.11 Å². The third-order valence-corrected chi connectivity index (χ3v) is 4.65. The normalized spacial score (nSPS) is 20.9. The molecule has 1 fully saturated rings. The molecular weight excluding hydrogens is 216 g/mol. The van der Waals surface area contributed by atoms with Crippen LogP contribution < -0.4 is 5.32 Å². The second-order valence-corrected chi connectivity index (χ2v) is 5.68. The van der Waals surface area contributed by atoms with Gasteiger partial charge in [-0.25, -0.2) is 4.98 Å². The van der Waals surface area contributed by atoms with Crippen LogP contribution in [0, 0.1) is 0 Å². The highest BCUT2D eigenvalue weighted by Gasteiger charge is 2.29. The van der Waals surface area contributed by atoms with E-state index in [4.69, 9.17) is 0 Å². The summed E-state index contributed by atoms with van der Waals surface area (Å²) in [6.45, 7) is 1.85. The zero-order valence-corrected chi connectivity index (χ0v) is 9.53. The highest BCUT2D eigenvalue weighted by Crippen LogP contribution is 2.28. The van der Waals surface area contributed by atoms with Gasteiger partial charge in [-0.2, -0.15) is 0 Å². The molecule has 1 aliphatic rings. The number of thioether (sulfide) groups is 1. The van der Waals surface area contributed by atoms with Crippen molar-refractivity contribution in [1.82, 2.24) is 10.3 Å². The van der Waals surface area contributed by atoms with Gasteiger partial charge in [0.05, 0.1) is 5.60 Å². The summed E-state index contributed by atoms with van der Waals surface area (Å²) in [4.78, 5) is 4.19. The van der Waals surface area contributed by atoms with Crippen molar-refractivity contribution < 1.29 is 5.11 Å². The average molecular weight is 230 g/mol. The molecule has 0 atom stereocenters. The van der Waals surface area contributed by atoms with Crippen molar-refractivity contribution in [2.45, 2.75) is 22.8 Å². The van der Waals surface area contributed by atoms with Crippen molar-refractivity contribution in [3.63, 3.8) is 0 Å². The Balaban J connectivity index is 1.84. The fourth-order valence-corrected chi connectivity index (χ4v) is 3.31. The number of aromatic nitrogens is 1. The van der Waals surface area contributed by atoms with E-state index < -0.39 is 5.60 Å². The van der Waals surface area contributed by atoms with Crippen molar-refractivity contribution in [2.24, 2.45) is 0 Å². The summed E-state index contributed by atoms with van der Waals surface area (Å²) in [5, 5.41) is 15.4. The molecule has 0 amide bonds. The Kier molecular flexibility index (Phi) is 3.43. The molecule has 2 N–H and O–H groups in total. The highest BCUT2D eigenvalue weighted by molar-refractivity contribution is 8.01. The minimum atomic E-state index is -0.485. The van der Waals surface area contributed by atoms with Crippen molar-refractivity contribution in [2.75, 3.05) is 18.8 Å². The Morgan fingerprint density at radius 1 is 1.57 bits per heavy atom. The first-order valence-corrected chi connectivity index (χ1v) is 6.60. The quantitative estimate of drug-likeness (QED) is 0.769. The topological polar surface area (TPSA) is 45.2 Å². The smallest absolute Gasteiger partial charge is 0.149 e. The number of hydrogen-bond donors (Lipinski definition) is 2. The van der Waals surface area contributed by atoms with Crippen LogP contribution in [0.25, 0.3) is 0 Å². The Morgan fingerprint density at radius 2 is 2.36 bits per heavy atom. The van der Waals surface area contributed by atoms with Crippen molar-refractivity contribution >= 4 is 23.1 Å². The van der Waals surface area contributed by atoms with Crippen LogP contribution in [0.2, 0.25) is 0 Å². The average Bonchev–Trinajstić information content (AvgIpc) is 2.69. The van der Waals surface area contributed by atoms with Gasteiger partial charge in [-0.15, -0.1) is 11.3 Å². The van der Waals surface area contributed by atoms with Gasteiger partial charge in [-0.05, 0) is 25.9 Å². The Bertz CT molecular complexity index is 270. The number of nitrogens with one attached hydrogen (secondary N) is 1. The molecule has 1 aromatic heterocycles. The van der Waals surface area contributed by atoms with Gasteiger partial charge in [0.15, 0.2) is 0 Å². The van der Waals surface area contributed by atoms with Gasteiger partial charge in [0, 0.05) is 17.3 Å². The van der Waals surface area contributed by atoms with Gasteiger partial charge in [0.2, 0.25) is 0 Å². The molecule has 0 aliphatic carbocycles. The highest BCUT2D eigenvalue weighted by atomic mass is 32.2. The number of rotatable bonds is 3. The van der Waals surface area contributed by atoms with E-state index in [1.54, 1.807) is 29.3 Å². The second-order valence-electron chi connectivity index (χ2n) is 3.56. The molecule has 1 saturated heterocycles. The van der Waals surface area contributed by atoms with E-state index in [-0.39, 0.29) is 0 Å². The van der Waals surface area contributed by atoms with E-state index in [0.717, 1.165) is 36.0 Å². The van der Waals surface area contributed by atoms with Crippen LogP contribution in [0.3, 0.4) is 0 Å². The number of hydrogen-bond acceptors (Lipinski definition) is 5. The summed E-state index contributed by atoms with van der Waals surface area (Å²) in [7, 11) is 0. The van der Waals surface area contributed by atoms with E-state index in [0.29, 0.717) is 0 Å². The fraction of sp³-hybridized carbons (Fsp3) is 0.667. The summed E-state index contributed by atoms with van der Waals surface area (Å²) in [5.41, 5.74) is -0.485. The first kappa shape index (κ1) is 10.4. The molecule has 2 heterocycles. The summed E-state index contributed by atoms with van der Waals surface area (Å²) < 4.78 is 1.05. The molecule has 1 aromatic rings. The molecular formula is C9H14N2OS2. The lowest BCUT2D eigenvalue weighted by molar-refractivity contribution is 0.0339. The van der Waals surface area contributed by atoms with Gasteiger partial charge in [0.1, 0.15) is 4.34 Å². The zero-order valence-electron chi connectivity index (χ0n) is 7.90. The zero-order chi connectivity index (χ0) is 9.86. The first-order valence-electron chi connectivity index (χ1n) is 4.74. The minimum absolute atomic E-state index is 0.485. The van der Waals surface area contributed by atoms with Crippen LogP contribution >= 0.6 is 23.1 Å². The Morgan fingerprint density at radius 3 is 3.00 bits per heavy atom. The second kappa shape index (κ2) is 4.61. The van der Waals surface area contributed by atoms with Crippen LogP contribution in [0.5, 0.6) is 0 Å². The molecule has 0 unspecified atom stereocenters. The van der Waals surface area contributed by atoms with Gasteiger partial charge >= 0.3 is 0 Å². The first-order chi connectivity index (χ1) is 6.79. The molecule has 0 radical (unpaired) electrons. The van der Waals surface area contributed by atoms with Crippen LogP contribution in [0.4, 0.5) is 0 Å². The van der Waals surface area contributed by atoms with E-state index in [2.05, 4.69) is 10.3 Å². The molecule has 14 heavy (non-hydrogen) atoms. The lowest BCUT2D eigenvalue weighted by Crippen LogP contribution is -2.43. The van der Waals surface area contributed by atoms with E-state index >= 15 is 0 Å². The Hall–Kier alpha value is -0.100. The molecule has 1 aliphatic heterocycles. The third-order valence-electron chi connectivity index (χ3n) is 2.41. The van der Waals surface area contributed by atoms with Crippen LogP contribution in [-0.2, 0) is 0 Å². The SMILES string of the molecule is OC1(CSc2nccs2)CCNCC1. The van der Waals surface area contributed by atoms with Gasteiger partial charge in [-0.3, -0.25) is 0 Å². The fourth-order valence-electron chi connectivity index (χ4n) is 1.51. The number of aliphatic hydroxyl groups is 1. The van der Waals surface area contributed by atoms with Crippen molar-refractivity contribution in [1.29, 1.82) is 0 Å². The number of nitrogens with zero attached hydrogens (tertiary/aromatic N) is 1. The van der Waals surface area contributed by atoms with Gasteiger partial charge in [-0.1, -0.05) is 11.8 Å². The predicted molar refractivity (Wildman–Crippen MR) is 59.9 cm³/mol. The summed E-state index contributed by atoms with van der Waals surface area (Å²) in [5.74, 6) is 0.766. The van der Waals surface area contributed by atoms with Crippen molar-refractivity contribution in [3.05, 3.63) is 11.6 Å². The maximum Gasteiger partial charge on any atom is 0.149 e.